The molecule has 0 spiro atoms. The Morgan fingerprint density at radius 1 is 1.45 bits per heavy atom. The Hall–Kier alpha value is -0.0900. The van der Waals surface area contributed by atoms with Crippen molar-refractivity contribution in [3.8, 4) is 0 Å². The average molecular weight is 316 g/mol. The number of thiophene rings is 1. The molecule has 2 nitrogen and oxygen atoms in total. The monoisotopic (exact) mass is 315 g/mol. The van der Waals surface area contributed by atoms with Crippen LogP contribution in [0.5, 0.6) is 0 Å². The van der Waals surface area contributed by atoms with Crippen molar-refractivity contribution in [2.75, 3.05) is 6.54 Å². The van der Waals surface area contributed by atoms with Gasteiger partial charge in [0, 0.05) is 16.8 Å². The van der Waals surface area contributed by atoms with E-state index >= 15 is 0 Å². The molecule has 1 aromatic rings. The lowest BCUT2D eigenvalue weighted by Crippen LogP contribution is -2.38. The van der Waals surface area contributed by atoms with Gasteiger partial charge in [0.1, 0.15) is 0 Å². The minimum absolute atomic E-state index is 0.0688. The first-order valence-corrected chi connectivity index (χ1v) is 8.61. The maximum absolute atomic E-state index is 6.51. The predicted octanol–water partition coefficient (Wildman–Crippen LogP) is 4.95. The van der Waals surface area contributed by atoms with Crippen LogP contribution >= 0.6 is 22.9 Å². The molecular weight excluding hydrogens is 290 g/mol. The molecule has 1 aliphatic rings. The molecule has 0 amide bonds. The lowest BCUT2D eigenvalue weighted by atomic mass is 9.81. The summed E-state index contributed by atoms with van der Waals surface area (Å²) in [6, 6.07) is 0.267. The molecule has 0 aliphatic carbocycles. The summed E-state index contributed by atoms with van der Waals surface area (Å²) in [4.78, 5) is 1.25. The smallest absolute Gasteiger partial charge is 0.0681 e. The van der Waals surface area contributed by atoms with Crippen molar-refractivity contribution in [1.29, 1.82) is 0 Å². The third kappa shape index (κ3) is 3.06. The summed E-state index contributed by atoms with van der Waals surface area (Å²) in [5.74, 6) is 0.424. The van der Waals surface area contributed by atoms with Gasteiger partial charge in [0.15, 0.2) is 0 Å². The normalized spacial score (nSPS) is 25.9. The topological polar surface area (TPSA) is 21.3 Å². The molecule has 1 aliphatic heterocycles. The average Bonchev–Trinajstić information content (AvgIpc) is 2.74. The van der Waals surface area contributed by atoms with E-state index in [4.69, 9.17) is 16.3 Å². The summed E-state index contributed by atoms with van der Waals surface area (Å²) in [5, 5.41) is 6.70. The van der Waals surface area contributed by atoms with Gasteiger partial charge in [-0.2, -0.15) is 0 Å². The lowest BCUT2D eigenvalue weighted by Gasteiger charge is -2.33. The zero-order valence-electron chi connectivity index (χ0n) is 13.3. The van der Waals surface area contributed by atoms with Crippen LogP contribution in [0, 0.1) is 12.8 Å². The quantitative estimate of drug-likeness (QED) is 0.848. The molecule has 20 heavy (non-hydrogen) atoms. The summed E-state index contributed by atoms with van der Waals surface area (Å²) >= 11 is 8.27. The van der Waals surface area contributed by atoms with Gasteiger partial charge in [0.2, 0.25) is 0 Å². The number of halogens is 1. The Labute approximate surface area is 131 Å². The summed E-state index contributed by atoms with van der Waals surface area (Å²) in [6.45, 7) is 13.9. The Balaban J connectivity index is 2.36. The molecule has 2 rings (SSSR count). The van der Waals surface area contributed by atoms with Crippen molar-refractivity contribution in [2.24, 2.45) is 5.92 Å². The van der Waals surface area contributed by atoms with Crippen molar-refractivity contribution >= 4 is 22.9 Å². The Bertz CT molecular complexity index is 481. The Morgan fingerprint density at radius 3 is 2.50 bits per heavy atom. The second-order valence-corrected chi connectivity index (χ2v) is 8.20. The van der Waals surface area contributed by atoms with E-state index in [1.807, 2.05) is 0 Å². The summed E-state index contributed by atoms with van der Waals surface area (Å²) in [7, 11) is 0. The molecule has 2 unspecified atom stereocenters. The summed E-state index contributed by atoms with van der Waals surface area (Å²) in [5.41, 5.74) is 0.962. The van der Waals surface area contributed by atoms with Crippen LogP contribution in [0.15, 0.2) is 5.38 Å². The molecule has 2 atom stereocenters. The minimum atomic E-state index is -0.141. The van der Waals surface area contributed by atoms with Crippen molar-refractivity contribution in [2.45, 2.75) is 65.2 Å². The van der Waals surface area contributed by atoms with E-state index in [0.29, 0.717) is 5.92 Å². The third-order valence-corrected chi connectivity index (χ3v) is 5.98. The summed E-state index contributed by atoms with van der Waals surface area (Å²) in [6.07, 6.45) is 1.05. The number of rotatable bonds is 4. The second kappa shape index (κ2) is 5.60. The molecular formula is C16H26ClNOS. The third-order valence-electron chi connectivity index (χ3n) is 4.18. The van der Waals surface area contributed by atoms with Crippen LogP contribution in [0.25, 0.3) is 0 Å². The van der Waals surface area contributed by atoms with Crippen LogP contribution < -0.4 is 5.32 Å². The van der Waals surface area contributed by atoms with Gasteiger partial charge in [-0.3, -0.25) is 0 Å². The zero-order valence-corrected chi connectivity index (χ0v) is 14.9. The molecule has 0 radical (unpaired) electrons. The van der Waals surface area contributed by atoms with Gasteiger partial charge in [-0.1, -0.05) is 18.5 Å². The molecule has 0 bridgehead atoms. The fourth-order valence-corrected chi connectivity index (χ4v) is 4.87. The van der Waals surface area contributed by atoms with Crippen LogP contribution in [-0.4, -0.2) is 17.7 Å². The number of hydrogen-bond donors (Lipinski definition) is 1. The minimum Gasteiger partial charge on any atom is -0.369 e. The predicted molar refractivity (Wildman–Crippen MR) is 87.8 cm³/mol. The highest BCUT2D eigenvalue weighted by molar-refractivity contribution is 7.10. The standard InChI is InChI=1S/C16H26ClNOS/c1-7-18-13(14-12(17)10(2)9-20-14)11-8-15(3,4)19-16(11,5)6/h9,11,13,18H,7-8H2,1-6H3. The highest BCUT2D eigenvalue weighted by Gasteiger charge is 2.49. The van der Waals surface area contributed by atoms with E-state index in [1.165, 1.54) is 10.4 Å². The molecule has 1 saturated heterocycles. The van der Waals surface area contributed by atoms with Gasteiger partial charge in [-0.05, 0) is 58.5 Å². The molecule has 1 aromatic heterocycles. The van der Waals surface area contributed by atoms with Gasteiger partial charge in [0.05, 0.1) is 16.2 Å². The van der Waals surface area contributed by atoms with Gasteiger partial charge in [0.25, 0.3) is 0 Å². The van der Waals surface area contributed by atoms with Crippen LogP contribution in [0.1, 0.15) is 57.5 Å². The lowest BCUT2D eigenvalue weighted by molar-refractivity contribution is -0.0777. The zero-order chi connectivity index (χ0) is 15.1. The van der Waals surface area contributed by atoms with Crippen molar-refractivity contribution in [3.63, 3.8) is 0 Å². The molecule has 114 valence electrons. The number of nitrogens with one attached hydrogen (secondary N) is 1. The van der Waals surface area contributed by atoms with Crippen LogP contribution in [0.2, 0.25) is 5.02 Å². The van der Waals surface area contributed by atoms with Crippen molar-refractivity contribution in [1.82, 2.24) is 5.32 Å². The van der Waals surface area contributed by atoms with E-state index in [1.54, 1.807) is 11.3 Å². The van der Waals surface area contributed by atoms with E-state index in [0.717, 1.165) is 18.0 Å². The fraction of sp³-hybridized carbons (Fsp3) is 0.750. The first-order valence-electron chi connectivity index (χ1n) is 7.35. The summed E-state index contributed by atoms with van der Waals surface area (Å²) < 4.78 is 6.27. The molecule has 0 aromatic carbocycles. The molecule has 4 heteroatoms. The largest absolute Gasteiger partial charge is 0.369 e. The molecule has 2 heterocycles. The molecule has 0 saturated carbocycles. The first kappa shape index (κ1) is 16.3. The maximum atomic E-state index is 6.51. The maximum Gasteiger partial charge on any atom is 0.0681 e. The van der Waals surface area contributed by atoms with Crippen molar-refractivity contribution in [3.05, 3.63) is 20.8 Å². The van der Waals surface area contributed by atoms with Crippen LogP contribution in [0.3, 0.4) is 0 Å². The second-order valence-electron chi connectivity index (χ2n) is 6.91. The Morgan fingerprint density at radius 2 is 2.10 bits per heavy atom. The van der Waals surface area contributed by atoms with Gasteiger partial charge in [-0.15, -0.1) is 11.3 Å². The van der Waals surface area contributed by atoms with Gasteiger partial charge < -0.3 is 10.1 Å². The van der Waals surface area contributed by atoms with Gasteiger partial charge >= 0.3 is 0 Å². The highest BCUT2D eigenvalue weighted by atomic mass is 35.5. The highest BCUT2D eigenvalue weighted by Crippen LogP contribution is 2.49. The number of hydrogen-bond acceptors (Lipinski definition) is 3. The number of ether oxygens (including phenoxy) is 1. The van der Waals surface area contributed by atoms with Gasteiger partial charge in [-0.25, -0.2) is 0 Å². The number of aryl methyl sites for hydroxylation is 1. The first-order chi connectivity index (χ1) is 9.18. The van der Waals surface area contributed by atoms with E-state index in [9.17, 15) is 0 Å². The van der Waals surface area contributed by atoms with Crippen molar-refractivity contribution < 1.29 is 4.74 Å². The van der Waals surface area contributed by atoms with E-state index in [2.05, 4.69) is 52.2 Å². The molecule has 1 N–H and O–H groups in total. The Kier molecular flexibility index (Phi) is 4.56. The molecule has 1 fully saturated rings. The van der Waals surface area contributed by atoms with E-state index in [-0.39, 0.29) is 17.2 Å². The van der Waals surface area contributed by atoms with Crippen LogP contribution in [-0.2, 0) is 4.74 Å². The SMILES string of the molecule is CCNC(c1scc(C)c1Cl)C1CC(C)(C)OC1(C)C. The van der Waals surface area contributed by atoms with E-state index < -0.39 is 0 Å². The fourth-order valence-electron chi connectivity index (χ4n) is 3.42. The van der Waals surface area contributed by atoms with Crippen LogP contribution in [0.4, 0.5) is 0 Å².